The van der Waals surface area contributed by atoms with Crippen molar-refractivity contribution in [3.05, 3.63) is 115 Å². The molecule has 41 heavy (non-hydrogen) atoms. The van der Waals surface area contributed by atoms with E-state index in [1.54, 1.807) is 40.2 Å². The van der Waals surface area contributed by atoms with Crippen LogP contribution in [0.3, 0.4) is 0 Å². The lowest BCUT2D eigenvalue weighted by molar-refractivity contribution is 0.416. The van der Waals surface area contributed by atoms with Gasteiger partial charge in [-0.25, -0.2) is 4.98 Å². The lowest BCUT2D eigenvalue weighted by atomic mass is 10.1. The summed E-state index contributed by atoms with van der Waals surface area (Å²) in [6, 6.07) is 22.5. The van der Waals surface area contributed by atoms with Crippen molar-refractivity contribution in [3.63, 3.8) is 0 Å². The summed E-state index contributed by atoms with van der Waals surface area (Å²) in [7, 11) is 3.22. The minimum atomic E-state index is -0.240. The van der Waals surface area contributed by atoms with Crippen molar-refractivity contribution in [1.82, 2.24) is 15.0 Å². The van der Waals surface area contributed by atoms with E-state index in [1.807, 2.05) is 67.6 Å². The number of para-hydroxylation sites is 3. The number of aromatic nitrogens is 3. The number of aromatic amines is 2. The number of hydrogen-bond acceptors (Lipinski definition) is 6. The summed E-state index contributed by atoms with van der Waals surface area (Å²) in [5, 5.41) is 12.7. The van der Waals surface area contributed by atoms with Gasteiger partial charge in [-0.2, -0.15) is 0 Å². The topological polar surface area (TPSA) is 117 Å². The van der Waals surface area contributed by atoms with Crippen LogP contribution in [0.2, 0.25) is 5.15 Å². The molecule has 0 saturated carbocycles. The highest BCUT2D eigenvalue weighted by molar-refractivity contribution is 6.31. The fourth-order valence-electron chi connectivity index (χ4n) is 4.41. The number of hydrogen-bond donors (Lipinski definition) is 3. The first-order chi connectivity index (χ1) is 19.7. The van der Waals surface area contributed by atoms with E-state index in [9.17, 15) is 14.7 Å². The van der Waals surface area contributed by atoms with Crippen LogP contribution in [-0.4, -0.2) is 34.3 Å². The first-order valence-electron chi connectivity index (χ1n) is 12.7. The lowest BCUT2D eigenvalue weighted by Crippen LogP contribution is -2.10. The van der Waals surface area contributed by atoms with E-state index >= 15 is 0 Å². The highest BCUT2D eigenvalue weighted by Gasteiger charge is 2.10. The van der Waals surface area contributed by atoms with E-state index in [0.29, 0.717) is 32.9 Å². The van der Waals surface area contributed by atoms with Gasteiger partial charge in [0.25, 0.3) is 11.1 Å². The molecule has 0 bridgehead atoms. The fourth-order valence-corrected chi connectivity index (χ4v) is 4.59. The molecule has 3 N–H and O–H groups in total. The largest absolute Gasteiger partial charge is 0.507 e. The summed E-state index contributed by atoms with van der Waals surface area (Å²) in [4.78, 5) is 32.5. The van der Waals surface area contributed by atoms with Crippen LogP contribution in [0.25, 0.3) is 32.7 Å². The monoisotopic (exact) mass is 571 g/mol. The Morgan fingerprint density at radius 3 is 1.73 bits per heavy atom. The zero-order valence-electron chi connectivity index (χ0n) is 23.3. The summed E-state index contributed by atoms with van der Waals surface area (Å²) in [5.41, 5.74) is 3.85. The third kappa shape index (κ3) is 6.02. The van der Waals surface area contributed by atoms with Gasteiger partial charge in [-0.1, -0.05) is 48.0 Å². The van der Waals surface area contributed by atoms with Gasteiger partial charge < -0.3 is 24.5 Å². The molecule has 0 amide bonds. The Morgan fingerprint density at radius 2 is 1.12 bits per heavy atom. The summed E-state index contributed by atoms with van der Waals surface area (Å²) >= 11 is 5.98. The van der Waals surface area contributed by atoms with Crippen molar-refractivity contribution in [2.45, 2.75) is 20.8 Å². The number of fused-ring (bicyclic) bond motifs is 3. The number of aromatic hydroxyl groups is 1. The van der Waals surface area contributed by atoms with E-state index in [4.69, 9.17) is 21.1 Å². The Hall–Kier alpha value is -4.82. The van der Waals surface area contributed by atoms with Gasteiger partial charge in [-0.15, -0.1) is 0 Å². The minimum Gasteiger partial charge on any atom is -0.507 e. The highest BCUT2D eigenvalue weighted by Crippen LogP contribution is 2.32. The number of nitrogens with zero attached hydrogens (tertiary/aromatic N) is 1. The maximum Gasteiger partial charge on any atom is 0.255 e. The van der Waals surface area contributed by atoms with Crippen molar-refractivity contribution in [2.75, 3.05) is 14.2 Å². The van der Waals surface area contributed by atoms with Gasteiger partial charge in [-0.3, -0.25) is 9.59 Å². The Balaban J connectivity index is 0.000000142. The molecule has 9 heteroatoms. The molecule has 0 unspecified atom stereocenters. The number of methoxy groups -OCH3 is 2. The van der Waals surface area contributed by atoms with Crippen molar-refractivity contribution in [2.24, 2.45) is 0 Å². The van der Waals surface area contributed by atoms with E-state index < -0.39 is 0 Å². The normalized spacial score (nSPS) is 10.5. The number of H-pyrrole nitrogens is 2. The Labute approximate surface area is 241 Å². The van der Waals surface area contributed by atoms with Gasteiger partial charge in [-0.05, 0) is 57.2 Å². The smallest absolute Gasteiger partial charge is 0.255 e. The van der Waals surface area contributed by atoms with E-state index in [-0.39, 0.29) is 16.9 Å². The van der Waals surface area contributed by atoms with E-state index in [2.05, 4.69) is 15.0 Å². The van der Waals surface area contributed by atoms with E-state index in [1.165, 1.54) is 0 Å². The van der Waals surface area contributed by atoms with Gasteiger partial charge in [0, 0.05) is 21.7 Å². The molecule has 6 rings (SSSR count). The fraction of sp³-hybridized carbons (Fsp3) is 0.156. The molecule has 6 aromatic rings. The van der Waals surface area contributed by atoms with Crippen molar-refractivity contribution < 1.29 is 14.6 Å². The van der Waals surface area contributed by atoms with Crippen LogP contribution in [0.1, 0.15) is 16.7 Å². The molecule has 3 aromatic carbocycles. The molecular weight excluding hydrogens is 542 g/mol. The molecule has 0 spiro atoms. The molecule has 0 radical (unpaired) electrons. The summed E-state index contributed by atoms with van der Waals surface area (Å²) < 4.78 is 10.5. The first-order valence-corrected chi connectivity index (χ1v) is 13.1. The molecule has 210 valence electrons. The molecule has 0 aliphatic heterocycles. The molecule has 0 aliphatic rings. The third-order valence-corrected chi connectivity index (χ3v) is 7.02. The highest BCUT2D eigenvalue weighted by atomic mass is 35.5. The quantitative estimate of drug-likeness (QED) is 0.202. The van der Waals surface area contributed by atoms with Crippen LogP contribution in [-0.2, 0) is 0 Å². The second-order valence-electron chi connectivity index (χ2n) is 9.21. The van der Waals surface area contributed by atoms with Crippen molar-refractivity contribution in [3.8, 4) is 17.2 Å². The van der Waals surface area contributed by atoms with E-state index in [0.717, 1.165) is 33.1 Å². The van der Waals surface area contributed by atoms with Gasteiger partial charge in [0.15, 0.2) is 0 Å². The van der Waals surface area contributed by atoms with Crippen LogP contribution in [0.5, 0.6) is 17.2 Å². The lowest BCUT2D eigenvalue weighted by Gasteiger charge is -2.09. The number of rotatable bonds is 2. The van der Waals surface area contributed by atoms with Crippen molar-refractivity contribution in [1.29, 1.82) is 0 Å². The van der Waals surface area contributed by atoms with Crippen LogP contribution < -0.4 is 20.6 Å². The number of benzene rings is 3. The molecule has 3 heterocycles. The first kappa shape index (κ1) is 29.2. The second-order valence-corrected chi connectivity index (χ2v) is 9.57. The number of pyridine rings is 3. The third-order valence-electron chi connectivity index (χ3n) is 6.65. The van der Waals surface area contributed by atoms with Crippen LogP contribution in [0, 0.1) is 20.8 Å². The molecule has 0 fully saturated rings. The minimum absolute atomic E-state index is 0.0688. The predicted molar refractivity (Wildman–Crippen MR) is 165 cm³/mol. The average Bonchev–Trinajstić information content (AvgIpc) is 2.98. The maximum absolute atomic E-state index is 11.5. The maximum atomic E-state index is 11.5. The summed E-state index contributed by atoms with van der Waals surface area (Å²) in [6.07, 6.45) is 0. The zero-order valence-corrected chi connectivity index (χ0v) is 24.1. The molecule has 0 saturated heterocycles. The number of halogens is 1. The molecule has 8 nitrogen and oxygen atoms in total. The van der Waals surface area contributed by atoms with Crippen LogP contribution in [0.15, 0.2) is 82.4 Å². The summed E-state index contributed by atoms with van der Waals surface area (Å²) in [5.74, 6) is 1.53. The average molecular weight is 572 g/mol. The van der Waals surface area contributed by atoms with Gasteiger partial charge in [0.05, 0.1) is 41.9 Å². The number of ether oxygens (including phenoxy) is 2. The second kappa shape index (κ2) is 12.6. The Kier molecular flexibility index (Phi) is 8.94. The van der Waals surface area contributed by atoms with Crippen LogP contribution >= 0.6 is 11.6 Å². The van der Waals surface area contributed by atoms with Crippen molar-refractivity contribution >= 4 is 44.3 Å². The standard InChI is InChI=1S/C11H10ClNO.C11H11NO2.C10H9NO2/c1-7-10(14-2)8-5-3-4-6-9(8)13-11(7)12;1-7-10(14-2)8-5-3-4-6-9(8)12-11(7)13;1-6-9(12)7-4-2-3-5-8(7)11-10(6)13/h3-6H,1-2H3;3-6H,1-2H3,(H,12,13);2-5H,1H3,(H2,11,12,13). The molecular formula is C32H30ClN3O5. The molecule has 0 atom stereocenters. The van der Waals surface area contributed by atoms with Crippen LogP contribution in [0.4, 0.5) is 0 Å². The van der Waals surface area contributed by atoms with Gasteiger partial charge in [0.2, 0.25) is 0 Å². The van der Waals surface area contributed by atoms with Gasteiger partial charge >= 0.3 is 0 Å². The summed E-state index contributed by atoms with van der Waals surface area (Å²) in [6.45, 7) is 5.26. The van der Waals surface area contributed by atoms with Gasteiger partial charge in [0.1, 0.15) is 22.4 Å². The molecule has 0 aliphatic carbocycles. The number of nitrogens with one attached hydrogen (secondary N) is 2. The SMILES string of the molecule is COc1c(C)c(=O)[nH]c2ccccc12.COc1c(C)c(Cl)nc2ccccc12.Cc1c(O)c2ccccc2[nH]c1=O. The Bertz CT molecular complexity index is 1980. The predicted octanol–water partition coefficient (Wildman–Crippen LogP) is 6.59. The molecule has 3 aromatic heterocycles. The zero-order chi connectivity index (χ0) is 29.7. The Morgan fingerprint density at radius 1 is 0.659 bits per heavy atom.